The summed E-state index contributed by atoms with van der Waals surface area (Å²) in [7, 11) is 3.33. The standard InChI is InChI=1S/C4H6N2S2/c1-6-3-5-2-4(6)8-7/h2-3,7H,1H3. The van der Waals surface area contributed by atoms with Crippen molar-refractivity contribution in [2.24, 2.45) is 7.05 Å². The number of imidazole rings is 1. The molecule has 0 saturated heterocycles. The van der Waals surface area contributed by atoms with Gasteiger partial charge in [-0.05, 0) is 10.8 Å². The predicted octanol–water partition coefficient (Wildman–Crippen LogP) is 1.36. The van der Waals surface area contributed by atoms with Gasteiger partial charge in [0.1, 0.15) is 5.03 Å². The molecule has 0 aromatic carbocycles. The van der Waals surface area contributed by atoms with Crippen LogP contribution in [0.5, 0.6) is 0 Å². The Bertz CT molecular complexity index is 172. The zero-order chi connectivity index (χ0) is 5.98. The Morgan fingerprint density at radius 1 is 1.88 bits per heavy atom. The van der Waals surface area contributed by atoms with Gasteiger partial charge in [-0.15, -0.1) is 11.7 Å². The summed E-state index contributed by atoms with van der Waals surface area (Å²) >= 11 is 4.00. The molecule has 2 nitrogen and oxygen atoms in total. The van der Waals surface area contributed by atoms with Crippen LogP contribution in [-0.4, -0.2) is 9.55 Å². The van der Waals surface area contributed by atoms with E-state index in [0.29, 0.717) is 0 Å². The molecule has 0 aliphatic rings. The Balaban J connectivity index is 2.92. The monoisotopic (exact) mass is 146 g/mol. The average molecular weight is 146 g/mol. The molecule has 0 unspecified atom stereocenters. The van der Waals surface area contributed by atoms with Crippen LogP contribution < -0.4 is 0 Å². The molecular formula is C4H6N2S2. The Hall–Kier alpha value is -0.0900. The number of thiol groups is 1. The fraction of sp³-hybridized carbons (Fsp3) is 0.250. The molecule has 0 aliphatic carbocycles. The largest absolute Gasteiger partial charge is 0.328 e. The lowest BCUT2D eigenvalue weighted by Crippen LogP contribution is -1.83. The fourth-order valence-corrected chi connectivity index (χ4v) is 1.24. The third-order valence-corrected chi connectivity index (χ3v) is 2.01. The minimum absolute atomic E-state index is 1.06. The summed E-state index contributed by atoms with van der Waals surface area (Å²) in [5, 5.41) is 1.06. The van der Waals surface area contributed by atoms with Crippen molar-refractivity contribution in [3.05, 3.63) is 12.5 Å². The topological polar surface area (TPSA) is 17.8 Å². The molecule has 1 heterocycles. The third-order valence-electron chi connectivity index (χ3n) is 0.866. The average Bonchev–Trinajstić information content (AvgIpc) is 2.14. The number of hydrogen-bond donors (Lipinski definition) is 1. The molecule has 0 radical (unpaired) electrons. The molecule has 0 fully saturated rings. The zero-order valence-corrected chi connectivity index (χ0v) is 6.12. The Morgan fingerprint density at radius 3 is 2.88 bits per heavy atom. The maximum absolute atomic E-state index is 4.00. The highest BCUT2D eigenvalue weighted by molar-refractivity contribution is 8.68. The maximum Gasteiger partial charge on any atom is 0.105 e. The van der Waals surface area contributed by atoms with Crippen molar-refractivity contribution < 1.29 is 0 Å². The SMILES string of the molecule is Cn1cncc1SS. The van der Waals surface area contributed by atoms with E-state index >= 15 is 0 Å². The summed E-state index contributed by atoms with van der Waals surface area (Å²) in [6.45, 7) is 0. The Labute approximate surface area is 57.1 Å². The number of nitrogens with zero attached hydrogens (tertiary/aromatic N) is 2. The van der Waals surface area contributed by atoms with Gasteiger partial charge in [-0.25, -0.2) is 4.98 Å². The summed E-state index contributed by atoms with van der Waals surface area (Å²) < 4.78 is 1.91. The number of hydrogen-bond acceptors (Lipinski definition) is 3. The van der Waals surface area contributed by atoms with Crippen LogP contribution in [0.2, 0.25) is 0 Å². The lowest BCUT2D eigenvalue weighted by molar-refractivity contribution is 0.827. The predicted molar refractivity (Wildman–Crippen MR) is 38.1 cm³/mol. The van der Waals surface area contributed by atoms with E-state index in [1.54, 1.807) is 12.5 Å². The molecule has 8 heavy (non-hydrogen) atoms. The zero-order valence-electron chi connectivity index (χ0n) is 4.40. The molecule has 1 rings (SSSR count). The molecule has 0 spiro atoms. The number of rotatable bonds is 1. The van der Waals surface area contributed by atoms with E-state index in [1.807, 2.05) is 11.6 Å². The van der Waals surface area contributed by atoms with Crippen molar-refractivity contribution in [3.8, 4) is 0 Å². The molecule has 1 aromatic rings. The molecule has 0 atom stereocenters. The number of aryl methyl sites for hydroxylation is 1. The lowest BCUT2D eigenvalue weighted by atomic mass is 10.9. The second kappa shape index (κ2) is 2.46. The van der Waals surface area contributed by atoms with Crippen LogP contribution in [0.3, 0.4) is 0 Å². The van der Waals surface area contributed by atoms with Crippen molar-refractivity contribution in [2.45, 2.75) is 5.03 Å². The minimum atomic E-state index is 1.06. The molecule has 0 saturated carbocycles. The summed E-state index contributed by atoms with van der Waals surface area (Å²) in [5.74, 6) is 0. The molecular weight excluding hydrogens is 140 g/mol. The summed E-state index contributed by atoms with van der Waals surface area (Å²) in [6, 6.07) is 0. The molecule has 0 N–H and O–H groups in total. The van der Waals surface area contributed by atoms with Crippen molar-refractivity contribution in [1.29, 1.82) is 0 Å². The minimum Gasteiger partial charge on any atom is -0.328 e. The molecule has 4 heteroatoms. The van der Waals surface area contributed by atoms with Crippen LogP contribution in [0.25, 0.3) is 0 Å². The van der Waals surface area contributed by atoms with Gasteiger partial charge in [-0.3, -0.25) is 0 Å². The van der Waals surface area contributed by atoms with Crippen LogP contribution in [-0.2, 0) is 7.05 Å². The molecule has 1 aromatic heterocycles. The first-order chi connectivity index (χ1) is 3.84. The van der Waals surface area contributed by atoms with E-state index in [4.69, 9.17) is 0 Å². The molecule has 0 aliphatic heterocycles. The molecule has 0 bridgehead atoms. The third kappa shape index (κ3) is 1.00. The summed E-state index contributed by atoms with van der Waals surface area (Å²) in [6.07, 6.45) is 3.52. The van der Waals surface area contributed by atoms with Crippen LogP contribution >= 0.6 is 22.5 Å². The van der Waals surface area contributed by atoms with E-state index in [2.05, 4.69) is 16.6 Å². The summed E-state index contributed by atoms with van der Waals surface area (Å²) in [5.41, 5.74) is 0. The first-order valence-electron chi connectivity index (χ1n) is 2.12. The van der Waals surface area contributed by atoms with Crippen molar-refractivity contribution in [2.75, 3.05) is 0 Å². The Morgan fingerprint density at radius 2 is 2.62 bits per heavy atom. The van der Waals surface area contributed by atoms with E-state index < -0.39 is 0 Å². The van der Waals surface area contributed by atoms with Crippen molar-refractivity contribution >= 4 is 22.5 Å². The van der Waals surface area contributed by atoms with Gasteiger partial charge in [0, 0.05) is 7.05 Å². The number of aromatic nitrogens is 2. The molecule has 0 amide bonds. The van der Waals surface area contributed by atoms with Crippen molar-refractivity contribution in [1.82, 2.24) is 9.55 Å². The van der Waals surface area contributed by atoms with Gasteiger partial charge in [0.05, 0.1) is 12.5 Å². The first-order valence-corrected chi connectivity index (χ1v) is 3.99. The van der Waals surface area contributed by atoms with E-state index in [9.17, 15) is 0 Å². The van der Waals surface area contributed by atoms with Crippen LogP contribution in [0.15, 0.2) is 17.6 Å². The highest BCUT2D eigenvalue weighted by atomic mass is 33.1. The fourth-order valence-electron chi connectivity index (χ4n) is 0.433. The van der Waals surface area contributed by atoms with Crippen LogP contribution in [0.4, 0.5) is 0 Å². The Kier molecular flexibility index (Phi) is 1.85. The van der Waals surface area contributed by atoms with Crippen LogP contribution in [0.1, 0.15) is 0 Å². The maximum atomic E-state index is 4.00. The summed E-state index contributed by atoms with van der Waals surface area (Å²) in [4.78, 5) is 3.89. The van der Waals surface area contributed by atoms with Gasteiger partial charge < -0.3 is 4.57 Å². The van der Waals surface area contributed by atoms with E-state index in [-0.39, 0.29) is 0 Å². The first kappa shape index (κ1) is 6.04. The van der Waals surface area contributed by atoms with Gasteiger partial charge in [0.2, 0.25) is 0 Å². The quantitative estimate of drug-likeness (QED) is 0.476. The van der Waals surface area contributed by atoms with Gasteiger partial charge in [-0.1, -0.05) is 0 Å². The second-order valence-electron chi connectivity index (χ2n) is 1.43. The van der Waals surface area contributed by atoms with Crippen molar-refractivity contribution in [3.63, 3.8) is 0 Å². The highest BCUT2D eigenvalue weighted by Crippen LogP contribution is 2.18. The second-order valence-corrected chi connectivity index (χ2v) is 2.58. The smallest absolute Gasteiger partial charge is 0.105 e. The van der Waals surface area contributed by atoms with E-state index in [0.717, 1.165) is 5.03 Å². The molecule has 44 valence electrons. The van der Waals surface area contributed by atoms with Crippen LogP contribution in [0, 0.1) is 0 Å². The van der Waals surface area contributed by atoms with Gasteiger partial charge >= 0.3 is 0 Å². The highest BCUT2D eigenvalue weighted by Gasteiger charge is 1.91. The van der Waals surface area contributed by atoms with Gasteiger partial charge in [0.15, 0.2) is 0 Å². The lowest BCUT2D eigenvalue weighted by Gasteiger charge is -1.91. The van der Waals surface area contributed by atoms with Gasteiger partial charge in [-0.2, -0.15) is 0 Å². The normalized spacial score (nSPS) is 9.75. The van der Waals surface area contributed by atoms with Gasteiger partial charge in [0.25, 0.3) is 0 Å². The van der Waals surface area contributed by atoms with E-state index in [1.165, 1.54) is 10.8 Å².